The Labute approximate surface area is 257 Å². The molecule has 0 amide bonds. The number of nitrogens with zero attached hydrogens (tertiary/aromatic N) is 2. The standard InChI is InChI=1S/C35H45N3O4Si/c1-32(2,3)38-20-26-29(24-13-11-10-12-14-24)35(25-17-15-23(19-36)16-18-25)34(39,31(26)42-43(8,9)33(4,5)6)30-27(40-7)21-37-22-28(30)41-35/h10-18,21-22,26,29,31,38-39H,20H2,1-9H3/t26-,29-,31-,34+,35+/m1/s1. The molecule has 0 unspecified atom stereocenters. The summed E-state index contributed by atoms with van der Waals surface area (Å²) in [6.07, 6.45) is 2.63. The number of hydrogen-bond acceptors (Lipinski definition) is 7. The van der Waals surface area contributed by atoms with E-state index in [-0.39, 0.29) is 22.4 Å². The summed E-state index contributed by atoms with van der Waals surface area (Å²) < 4.78 is 20.4. The molecule has 0 radical (unpaired) electrons. The van der Waals surface area contributed by atoms with Gasteiger partial charge < -0.3 is 24.3 Å². The summed E-state index contributed by atoms with van der Waals surface area (Å²) in [6, 6.07) is 19.9. The van der Waals surface area contributed by atoms with Crippen molar-refractivity contribution in [3.05, 3.63) is 89.2 Å². The summed E-state index contributed by atoms with van der Waals surface area (Å²) in [5, 5.41) is 27.0. The molecular formula is C35H45N3O4Si. The van der Waals surface area contributed by atoms with E-state index in [1.165, 1.54) is 0 Å². The highest BCUT2D eigenvalue weighted by molar-refractivity contribution is 6.74. The molecule has 1 aliphatic carbocycles. The van der Waals surface area contributed by atoms with Crippen LogP contribution in [-0.2, 0) is 15.6 Å². The van der Waals surface area contributed by atoms with Gasteiger partial charge in [-0.3, -0.25) is 4.98 Å². The van der Waals surface area contributed by atoms with Gasteiger partial charge in [-0.2, -0.15) is 5.26 Å². The van der Waals surface area contributed by atoms with E-state index in [1.54, 1.807) is 31.6 Å². The first-order chi connectivity index (χ1) is 20.1. The molecule has 0 spiro atoms. The van der Waals surface area contributed by atoms with Gasteiger partial charge in [0.25, 0.3) is 0 Å². The van der Waals surface area contributed by atoms with E-state index < -0.39 is 25.6 Å². The van der Waals surface area contributed by atoms with Crippen LogP contribution in [0.15, 0.2) is 67.0 Å². The maximum atomic E-state index is 13.7. The lowest BCUT2D eigenvalue weighted by atomic mass is 9.70. The fourth-order valence-electron chi connectivity index (χ4n) is 6.62. The zero-order chi connectivity index (χ0) is 31.4. The van der Waals surface area contributed by atoms with Gasteiger partial charge in [-0.25, -0.2) is 0 Å². The van der Waals surface area contributed by atoms with Gasteiger partial charge in [-0.05, 0) is 62.2 Å². The topological polar surface area (TPSA) is 96.6 Å². The zero-order valence-electron chi connectivity index (χ0n) is 26.9. The maximum Gasteiger partial charge on any atom is 0.192 e. The van der Waals surface area contributed by atoms with E-state index >= 15 is 0 Å². The van der Waals surface area contributed by atoms with Crippen molar-refractivity contribution in [2.75, 3.05) is 13.7 Å². The highest BCUT2D eigenvalue weighted by Crippen LogP contribution is 2.70. The normalized spacial score (nSPS) is 26.8. The summed E-state index contributed by atoms with van der Waals surface area (Å²) in [4.78, 5) is 4.41. The van der Waals surface area contributed by atoms with Crippen LogP contribution >= 0.6 is 0 Å². The molecule has 43 heavy (non-hydrogen) atoms. The second kappa shape index (κ2) is 10.7. The Hall–Kier alpha value is -3.22. The van der Waals surface area contributed by atoms with Crippen LogP contribution in [-0.4, -0.2) is 43.7 Å². The quantitative estimate of drug-likeness (QED) is 0.294. The molecule has 2 N–H and O–H groups in total. The minimum atomic E-state index is -2.46. The van der Waals surface area contributed by atoms with Crippen molar-refractivity contribution < 1.29 is 19.0 Å². The molecule has 3 aromatic rings. The molecule has 2 heterocycles. The van der Waals surface area contributed by atoms with Gasteiger partial charge in [0.1, 0.15) is 11.5 Å². The minimum Gasteiger partial charge on any atom is -0.495 e. The van der Waals surface area contributed by atoms with Gasteiger partial charge in [-0.1, -0.05) is 63.2 Å². The number of hydrogen-bond donors (Lipinski definition) is 2. The van der Waals surface area contributed by atoms with Gasteiger partial charge in [-0.15, -0.1) is 0 Å². The molecule has 5 atom stereocenters. The highest BCUT2D eigenvalue weighted by Gasteiger charge is 2.77. The number of ether oxygens (including phenoxy) is 2. The SMILES string of the molecule is COc1cncc2c1[C@]1(O)[C@H](O[Si](C)(C)C(C)(C)C)[C@H](CNC(C)(C)C)[C@@H](c3ccccc3)[C@]1(c1ccc(C#N)cc1)O2. The van der Waals surface area contributed by atoms with Crippen molar-refractivity contribution in [1.29, 1.82) is 5.26 Å². The Morgan fingerprint density at radius 2 is 1.67 bits per heavy atom. The molecule has 5 rings (SSSR count). The first-order valence-electron chi connectivity index (χ1n) is 15.0. The monoisotopic (exact) mass is 599 g/mol. The van der Waals surface area contributed by atoms with Crippen LogP contribution < -0.4 is 14.8 Å². The third-order valence-corrected chi connectivity index (χ3v) is 14.1. The number of methoxy groups -OCH3 is 1. The minimum absolute atomic E-state index is 0.113. The van der Waals surface area contributed by atoms with Crippen molar-refractivity contribution in [3.63, 3.8) is 0 Å². The zero-order valence-corrected chi connectivity index (χ0v) is 27.9. The molecule has 1 saturated carbocycles. The molecule has 2 aromatic carbocycles. The summed E-state index contributed by atoms with van der Waals surface area (Å²) in [5.41, 5.74) is -0.255. The Morgan fingerprint density at radius 3 is 2.23 bits per heavy atom. The van der Waals surface area contributed by atoms with E-state index in [0.717, 1.165) is 11.1 Å². The van der Waals surface area contributed by atoms with Crippen LogP contribution in [0.1, 0.15) is 69.7 Å². The second-order valence-corrected chi connectivity index (χ2v) is 19.2. The van der Waals surface area contributed by atoms with E-state index in [1.807, 2.05) is 30.3 Å². The Kier molecular flexibility index (Phi) is 7.80. The van der Waals surface area contributed by atoms with Crippen molar-refractivity contribution in [2.45, 2.75) is 88.4 Å². The molecule has 0 saturated heterocycles. The first-order valence-corrected chi connectivity index (χ1v) is 17.9. The lowest BCUT2D eigenvalue weighted by Gasteiger charge is -2.45. The molecule has 8 heteroatoms. The Morgan fingerprint density at radius 1 is 1.02 bits per heavy atom. The fraction of sp³-hybridized carbons (Fsp3) is 0.486. The van der Waals surface area contributed by atoms with Gasteiger partial charge in [0, 0.05) is 23.9 Å². The van der Waals surface area contributed by atoms with E-state index in [9.17, 15) is 10.4 Å². The van der Waals surface area contributed by atoms with Gasteiger partial charge in [0.05, 0.1) is 42.8 Å². The molecule has 2 aliphatic rings. The number of aromatic nitrogens is 1. The average molecular weight is 600 g/mol. The number of nitriles is 1. The van der Waals surface area contributed by atoms with E-state index in [2.05, 4.69) is 83.1 Å². The van der Waals surface area contributed by atoms with Gasteiger partial charge in [0.2, 0.25) is 0 Å². The third-order valence-electron chi connectivity index (χ3n) is 9.68. The van der Waals surface area contributed by atoms with Crippen molar-refractivity contribution in [2.24, 2.45) is 5.92 Å². The predicted molar refractivity (Wildman–Crippen MR) is 171 cm³/mol. The molecule has 1 fully saturated rings. The summed E-state index contributed by atoms with van der Waals surface area (Å²) in [5.74, 6) is 0.379. The lowest BCUT2D eigenvalue weighted by Crippen LogP contribution is -2.56. The highest BCUT2D eigenvalue weighted by atomic mass is 28.4. The van der Waals surface area contributed by atoms with Gasteiger partial charge >= 0.3 is 0 Å². The molecular weight excluding hydrogens is 554 g/mol. The summed E-state index contributed by atoms with van der Waals surface area (Å²) in [7, 11) is -0.873. The van der Waals surface area contributed by atoms with E-state index in [0.29, 0.717) is 29.2 Å². The van der Waals surface area contributed by atoms with Crippen LogP contribution in [0.25, 0.3) is 0 Å². The van der Waals surface area contributed by atoms with E-state index in [4.69, 9.17) is 13.9 Å². The number of aliphatic hydroxyl groups is 1. The number of rotatable bonds is 7. The maximum absolute atomic E-state index is 13.7. The second-order valence-electron chi connectivity index (χ2n) is 14.5. The molecule has 1 aliphatic heterocycles. The number of benzene rings is 2. The number of nitrogens with one attached hydrogen (secondary N) is 1. The fourth-order valence-corrected chi connectivity index (χ4v) is 7.95. The van der Waals surface area contributed by atoms with Crippen molar-refractivity contribution in [1.82, 2.24) is 10.3 Å². The Bertz CT molecular complexity index is 1510. The smallest absolute Gasteiger partial charge is 0.192 e. The molecule has 1 aromatic heterocycles. The molecule has 0 bridgehead atoms. The number of pyridine rings is 1. The summed E-state index contributed by atoms with van der Waals surface area (Å²) in [6.45, 7) is 18.1. The summed E-state index contributed by atoms with van der Waals surface area (Å²) >= 11 is 0. The largest absolute Gasteiger partial charge is 0.495 e. The van der Waals surface area contributed by atoms with Crippen LogP contribution in [0.5, 0.6) is 11.5 Å². The molecule has 228 valence electrons. The first kappa shape index (κ1) is 31.2. The van der Waals surface area contributed by atoms with Crippen molar-refractivity contribution >= 4 is 8.32 Å². The van der Waals surface area contributed by atoms with Crippen LogP contribution in [0, 0.1) is 17.2 Å². The van der Waals surface area contributed by atoms with Crippen molar-refractivity contribution in [3.8, 4) is 17.6 Å². The third kappa shape index (κ3) is 4.97. The van der Waals surface area contributed by atoms with Gasteiger partial charge in [0.15, 0.2) is 19.5 Å². The number of fused-ring (bicyclic) bond motifs is 3. The van der Waals surface area contributed by atoms with Crippen LogP contribution in [0.4, 0.5) is 0 Å². The predicted octanol–water partition coefficient (Wildman–Crippen LogP) is 6.63. The lowest BCUT2D eigenvalue weighted by molar-refractivity contribution is -0.148. The van der Waals surface area contributed by atoms with Crippen LogP contribution in [0.2, 0.25) is 18.1 Å². The Balaban J connectivity index is 1.89. The average Bonchev–Trinajstić information content (AvgIpc) is 3.33. The molecule has 7 nitrogen and oxygen atoms in total. The van der Waals surface area contributed by atoms with Crippen LogP contribution in [0.3, 0.4) is 0 Å².